The highest BCUT2D eigenvalue weighted by Crippen LogP contribution is 2.34. The van der Waals surface area contributed by atoms with Gasteiger partial charge >= 0.3 is 18.2 Å². The van der Waals surface area contributed by atoms with E-state index in [2.05, 4.69) is 5.32 Å². The number of carboxylic acid groups (broad SMARTS) is 1. The van der Waals surface area contributed by atoms with Crippen LogP contribution >= 0.6 is 0 Å². The van der Waals surface area contributed by atoms with Crippen LogP contribution in [0.3, 0.4) is 0 Å². The molecule has 1 heterocycles. The molecule has 2 unspecified atom stereocenters. The molecule has 0 spiro atoms. The number of aliphatic carboxylic acids is 1. The number of nitrogens with one attached hydrogen (secondary N) is 1. The fourth-order valence-corrected chi connectivity index (χ4v) is 3.93. The Morgan fingerprint density at radius 3 is 2.42 bits per heavy atom. The van der Waals surface area contributed by atoms with E-state index in [4.69, 9.17) is 9.84 Å². The van der Waals surface area contributed by atoms with Gasteiger partial charge in [0.1, 0.15) is 25.4 Å². The van der Waals surface area contributed by atoms with E-state index in [9.17, 15) is 36.7 Å². The predicted molar refractivity (Wildman–Crippen MR) is 118 cm³/mol. The summed E-state index contributed by atoms with van der Waals surface area (Å²) in [7, 11) is 0. The minimum atomic E-state index is -4.68. The molecule has 12 heteroatoms. The van der Waals surface area contributed by atoms with E-state index in [1.165, 1.54) is 18.2 Å². The van der Waals surface area contributed by atoms with Crippen molar-refractivity contribution in [1.29, 1.82) is 0 Å². The highest BCUT2D eigenvalue weighted by atomic mass is 19.4. The third kappa shape index (κ3) is 6.18. The molecule has 2 N–H and O–H groups in total. The van der Waals surface area contributed by atoms with Crippen LogP contribution in [-0.2, 0) is 38.3 Å². The molecule has 3 rings (SSSR count). The van der Waals surface area contributed by atoms with E-state index >= 15 is 0 Å². The van der Waals surface area contributed by atoms with Crippen molar-refractivity contribution < 1.29 is 46.6 Å². The van der Waals surface area contributed by atoms with Crippen molar-refractivity contribution in [3.63, 3.8) is 0 Å². The van der Waals surface area contributed by atoms with E-state index in [0.29, 0.717) is 12.0 Å². The standard InChI is InChI=1S/C24H22F4N2O6/c25-12-20(31)17(11-21(32)33)29-22(34)19-10-9-14-5-2-4-8-18(14)30(19)23(35)36-13-15-6-1-3-7-16(15)24(26,27)28/h1-8,17,19H,9-13H2,(H,29,34)(H,32,33). The van der Waals surface area contributed by atoms with Crippen molar-refractivity contribution in [2.45, 2.75) is 44.1 Å². The molecule has 36 heavy (non-hydrogen) atoms. The number of halogens is 4. The highest BCUT2D eigenvalue weighted by molar-refractivity contribution is 6.01. The molecule has 0 radical (unpaired) electrons. The Kier molecular flexibility index (Phi) is 8.28. The zero-order valence-electron chi connectivity index (χ0n) is 18.8. The fourth-order valence-electron chi connectivity index (χ4n) is 3.93. The van der Waals surface area contributed by atoms with Crippen LogP contribution in [-0.4, -0.2) is 47.6 Å². The fraction of sp³-hybridized carbons (Fsp3) is 0.333. The summed E-state index contributed by atoms with van der Waals surface area (Å²) >= 11 is 0. The summed E-state index contributed by atoms with van der Waals surface area (Å²) in [5.41, 5.74) is -0.340. The molecule has 0 saturated heterocycles. The van der Waals surface area contributed by atoms with Crippen LogP contribution in [0.15, 0.2) is 48.5 Å². The second-order valence-electron chi connectivity index (χ2n) is 8.02. The summed E-state index contributed by atoms with van der Waals surface area (Å²) in [5, 5.41) is 11.2. The molecule has 192 valence electrons. The third-order valence-electron chi connectivity index (χ3n) is 5.64. The van der Waals surface area contributed by atoms with Crippen molar-refractivity contribution in [2.24, 2.45) is 0 Å². The maximum absolute atomic E-state index is 13.3. The van der Waals surface area contributed by atoms with Gasteiger partial charge in [-0.2, -0.15) is 13.2 Å². The summed E-state index contributed by atoms with van der Waals surface area (Å²) < 4.78 is 58.0. The number of anilines is 1. The first-order valence-electron chi connectivity index (χ1n) is 10.8. The SMILES string of the molecule is O=C(O)CC(NC(=O)C1CCc2ccccc2N1C(=O)OCc1ccccc1C(F)(F)F)C(=O)CF. The number of hydrogen-bond acceptors (Lipinski definition) is 5. The minimum absolute atomic E-state index is 0.0424. The number of amides is 2. The van der Waals surface area contributed by atoms with Crippen molar-refractivity contribution in [3.05, 3.63) is 65.2 Å². The predicted octanol–water partition coefficient (Wildman–Crippen LogP) is 3.66. The van der Waals surface area contributed by atoms with Crippen LogP contribution in [0.2, 0.25) is 0 Å². The number of aryl methyl sites for hydroxylation is 1. The average Bonchev–Trinajstić information content (AvgIpc) is 2.84. The minimum Gasteiger partial charge on any atom is -0.481 e. The number of nitrogens with zero attached hydrogens (tertiary/aromatic N) is 1. The number of carboxylic acids is 1. The molecular formula is C24H22F4N2O6. The maximum Gasteiger partial charge on any atom is 0.416 e. The molecule has 0 saturated carbocycles. The lowest BCUT2D eigenvalue weighted by Gasteiger charge is -2.36. The Labute approximate surface area is 202 Å². The van der Waals surface area contributed by atoms with Crippen LogP contribution in [0.1, 0.15) is 29.5 Å². The van der Waals surface area contributed by atoms with Gasteiger partial charge in [0, 0.05) is 5.56 Å². The van der Waals surface area contributed by atoms with E-state index in [0.717, 1.165) is 17.0 Å². The number of Topliss-reactive ketones (excluding diaryl/α,β-unsaturated/α-hetero) is 1. The summed E-state index contributed by atoms with van der Waals surface area (Å²) in [4.78, 5) is 49.9. The van der Waals surface area contributed by atoms with Gasteiger partial charge in [0.25, 0.3) is 0 Å². The largest absolute Gasteiger partial charge is 0.481 e. The molecule has 2 atom stereocenters. The number of ether oxygens (including phenoxy) is 1. The monoisotopic (exact) mass is 510 g/mol. The molecular weight excluding hydrogens is 488 g/mol. The van der Waals surface area contributed by atoms with Crippen LogP contribution in [0, 0.1) is 0 Å². The zero-order valence-corrected chi connectivity index (χ0v) is 18.8. The topological polar surface area (TPSA) is 113 Å². The van der Waals surface area contributed by atoms with Crippen molar-refractivity contribution >= 4 is 29.4 Å². The number of ketones is 1. The van der Waals surface area contributed by atoms with Gasteiger partial charge in [-0.25, -0.2) is 9.18 Å². The quantitative estimate of drug-likeness (QED) is 0.524. The van der Waals surface area contributed by atoms with Crippen molar-refractivity contribution in [1.82, 2.24) is 5.32 Å². The van der Waals surface area contributed by atoms with Crippen LogP contribution in [0.25, 0.3) is 0 Å². The Balaban J connectivity index is 1.86. The third-order valence-corrected chi connectivity index (χ3v) is 5.64. The van der Waals surface area contributed by atoms with Gasteiger partial charge in [-0.1, -0.05) is 36.4 Å². The first-order valence-corrected chi connectivity index (χ1v) is 10.8. The van der Waals surface area contributed by atoms with Gasteiger partial charge in [-0.05, 0) is 30.5 Å². The van der Waals surface area contributed by atoms with E-state index in [1.807, 2.05) is 0 Å². The molecule has 2 aromatic carbocycles. The van der Waals surface area contributed by atoms with Crippen molar-refractivity contribution in [2.75, 3.05) is 11.6 Å². The molecule has 2 aromatic rings. The number of benzene rings is 2. The number of rotatable bonds is 8. The van der Waals surface area contributed by atoms with Crippen molar-refractivity contribution in [3.8, 4) is 0 Å². The molecule has 2 amide bonds. The van der Waals surface area contributed by atoms with Gasteiger partial charge in [0.05, 0.1) is 17.7 Å². The van der Waals surface area contributed by atoms with Gasteiger partial charge in [0.15, 0.2) is 5.78 Å². The Hall–Kier alpha value is -3.96. The van der Waals surface area contributed by atoms with Crippen LogP contribution < -0.4 is 10.2 Å². The summed E-state index contributed by atoms with van der Waals surface area (Å²) in [6.07, 6.45) is -6.29. The number of hydrogen-bond donors (Lipinski definition) is 2. The Morgan fingerprint density at radius 1 is 1.08 bits per heavy atom. The van der Waals surface area contributed by atoms with Gasteiger partial charge in [-0.3, -0.25) is 19.3 Å². The molecule has 1 aliphatic heterocycles. The second kappa shape index (κ2) is 11.2. The molecule has 0 fully saturated rings. The average molecular weight is 510 g/mol. The number of fused-ring (bicyclic) bond motifs is 1. The first-order chi connectivity index (χ1) is 17.0. The number of carbonyl (C=O) groups excluding carboxylic acids is 3. The normalized spacial score (nSPS) is 16.0. The zero-order chi connectivity index (χ0) is 26.5. The Bertz CT molecular complexity index is 1150. The summed E-state index contributed by atoms with van der Waals surface area (Å²) in [5.74, 6) is -3.53. The van der Waals surface area contributed by atoms with Gasteiger partial charge in [0.2, 0.25) is 5.91 Å². The molecule has 1 aliphatic rings. The maximum atomic E-state index is 13.3. The number of para-hydroxylation sites is 1. The van der Waals surface area contributed by atoms with Crippen LogP contribution in [0.5, 0.6) is 0 Å². The van der Waals surface area contributed by atoms with Crippen LogP contribution in [0.4, 0.5) is 28.0 Å². The van der Waals surface area contributed by atoms with E-state index < -0.39 is 67.3 Å². The number of alkyl halides is 4. The lowest BCUT2D eigenvalue weighted by atomic mass is 9.95. The lowest BCUT2D eigenvalue weighted by molar-refractivity contribution is -0.140. The van der Waals surface area contributed by atoms with E-state index in [1.54, 1.807) is 18.2 Å². The van der Waals surface area contributed by atoms with Gasteiger partial charge < -0.3 is 15.2 Å². The molecule has 0 aliphatic carbocycles. The molecule has 8 nitrogen and oxygen atoms in total. The molecule has 0 bridgehead atoms. The molecule has 0 aromatic heterocycles. The summed E-state index contributed by atoms with van der Waals surface area (Å²) in [6, 6.07) is 8.11. The smallest absolute Gasteiger partial charge is 0.416 e. The van der Waals surface area contributed by atoms with Gasteiger partial charge in [-0.15, -0.1) is 0 Å². The lowest BCUT2D eigenvalue weighted by Crippen LogP contribution is -2.55. The Morgan fingerprint density at radius 2 is 1.75 bits per heavy atom. The number of carbonyl (C=O) groups is 4. The summed E-state index contributed by atoms with van der Waals surface area (Å²) in [6.45, 7) is -2.24. The second-order valence-corrected chi connectivity index (χ2v) is 8.02. The van der Waals surface area contributed by atoms with E-state index in [-0.39, 0.29) is 17.7 Å². The first kappa shape index (κ1) is 26.6. The highest BCUT2D eigenvalue weighted by Gasteiger charge is 2.39.